The van der Waals surface area contributed by atoms with E-state index in [0.717, 1.165) is 44.2 Å². The van der Waals surface area contributed by atoms with Crippen LogP contribution in [-0.4, -0.2) is 90.4 Å². The van der Waals surface area contributed by atoms with Crippen molar-refractivity contribution in [2.24, 2.45) is 11.7 Å². The number of piperidine rings is 1. The fourth-order valence-corrected chi connectivity index (χ4v) is 7.02. The first-order valence-corrected chi connectivity index (χ1v) is 12.4. The molecule has 5 aliphatic rings. The van der Waals surface area contributed by atoms with Crippen LogP contribution < -0.4 is 5.73 Å². The fraction of sp³-hybridized carbons (Fsp3) is 0.583. The number of amides is 2. The number of nitriles is 1. The molecule has 7 atom stereocenters. The zero-order valence-corrected chi connectivity index (χ0v) is 19.2. The van der Waals surface area contributed by atoms with Gasteiger partial charge in [-0.05, 0) is 65.6 Å². The summed E-state index contributed by atoms with van der Waals surface area (Å²) in [6.07, 6.45) is 4.35. The van der Waals surface area contributed by atoms with Gasteiger partial charge in [0.2, 0.25) is 11.8 Å². The summed E-state index contributed by atoms with van der Waals surface area (Å²) in [6.45, 7) is 1.10. The maximum Gasteiger partial charge on any atom is 0.242 e. The van der Waals surface area contributed by atoms with Gasteiger partial charge in [0, 0.05) is 30.7 Å². The molecule has 3 aliphatic heterocycles. The molecular formula is C24H27N9O2. The molecule has 4 fully saturated rings. The SMILES string of the molecule is N#C[C@@H]1C[C@@H]2C[C@@H]2N1C(=O)[C@@H](N)CN1CC2C[C@H]1C(=O)N2[C@@H]1CCc2cc(-c3nnn[nH]3)ccc21. The number of tetrazole rings is 1. The van der Waals surface area contributed by atoms with Crippen LogP contribution in [0.2, 0.25) is 0 Å². The largest absolute Gasteiger partial charge is 0.330 e. The van der Waals surface area contributed by atoms with Crippen LogP contribution in [0.4, 0.5) is 0 Å². The van der Waals surface area contributed by atoms with E-state index in [9.17, 15) is 14.9 Å². The number of likely N-dealkylation sites (tertiary alicyclic amines) is 3. The molecule has 2 aliphatic carbocycles. The highest BCUT2D eigenvalue weighted by molar-refractivity contribution is 5.87. The van der Waals surface area contributed by atoms with E-state index in [4.69, 9.17) is 5.73 Å². The van der Waals surface area contributed by atoms with E-state index >= 15 is 0 Å². The second-order valence-electron chi connectivity index (χ2n) is 10.6. The minimum Gasteiger partial charge on any atom is -0.330 e. The van der Waals surface area contributed by atoms with E-state index in [1.54, 1.807) is 4.90 Å². The summed E-state index contributed by atoms with van der Waals surface area (Å²) < 4.78 is 0. The van der Waals surface area contributed by atoms with E-state index < -0.39 is 6.04 Å². The Morgan fingerprint density at radius 3 is 2.94 bits per heavy atom. The maximum absolute atomic E-state index is 13.5. The van der Waals surface area contributed by atoms with Crippen molar-refractivity contribution in [3.8, 4) is 17.5 Å². The zero-order valence-electron chi connectivity index (χ0n) is 19.2. The summed E-state index contributed by atoms with van der Waals surface area (Å²) in [6, 6.07) is 7.61. The Hall–Kier alpha value is -3.36. The Balaban J connectivity index is 1.03. The number of hydrogen-bond acceptors (Lipinski definition) is 8. The van der Waals surface area contributed by atoms with Gasteiger partial charge < -0.3 is 15.5 Å². The number of piperazine rings is 1. The van der Waals surface area contributed by atoms with Crippen molar-refractivity contribution in [2.45, 2.75) is 68.4 Å². The third-order valence-electron chi connectivity index (χ3n) is 8.71. The molecule has 1 aromatic heterocycles. The first kappa shape index (κ1) is 21.0. The average Bonchev–Trinajstić information content (AvgIpc) is 3.43. The quantitative estimate of drug-likeness (QED) is 0.616. The number of hydrogen-bond donors (Lipinski definition) is 2. The first-order valence-electron chi connectivity index (χ1n) is 12.4. The van der Waals surface area contributed by atoms with Gasteiger partial charge in [0.1, 0.15) is 6.04 Å². The number of carbonyl (C=O) groups is 2. The van der Waals surface area contributed by atoms with Crippen LogP contribution >= 0.6 is 0 Å². The van der Waals surface area contributed by atoms with Crippen LogP contribution in [0.5, 0.6) is 0 Å². The van der Waals surface area contributed by atoms with E-state index in [0.29, 0.717) is 18.3 Å². The topological polar surface area (TPSA) is 148 Å². The lowest BCUT2D eigenvalue weighted by Crippen LogP contribution is -2.57. The lowest BCUT2D eigenvalue weighted by molar-refractivity contribution is -0.141. The van der Waals surface area contributed by atoms with Crippen LogP contribution in [0.15, 0.2) is 18.2 Å². The molecule has 35 heavy (non-hydrogen) atoms. The Morgan fingerprint density at radius 1 is 1.29 bits per heavy atom. The van der Waals surface area contributed by atoms with Gasteiger partial charge in [-0.1, -0.05) is 12.1 Å². The molecule has 1 unspecified atom stereocenters. The number of benzene rings is 1. The molecule has 7 rings (SSSR count). The fourth-order valence-electron chi connectivity index (χ4n) is 7.02. The van der Waals surface area contributed by atoms with Crippen LogP contribution in [0, 0.1) is 17.2 Å². The average molecular weight is 474 g/mol. The number of aromatic amines is 1. The highest BCUT2D eigenvalue weighted by Crippen LogP contribution is 2.48. The number of fused-ring (bicyclic) bond motifs is 4. The molecule has 0 spiro atoms. The Kier molecular flexibility index (Phi) is 4.53. The van der Waals surface area contributed by atoms with E-state index in [2.05, 4.69) is 48.6 Å². The third-order valence-corrected chi connectivity index (χ3v) is 8.71. The highest BCUT2D eigenvalue weighted by atomic mass is 16.2. The first-order chi connectivity index (χ1) is 17.0. The second kappa shape index (κ2) is 7.57. The van der Waals surface area contributed by atoms with Crippen molar-refractivity contribution < 1.29 is 9.59 Å². The lowest BCUT2D eigenvalue weighted by atomic mass is 10.0. The summed E-state index contributed by atoms with van der Waals surface area (Å²) in [4.78, 5) is 32.4. The summed E-state index contributed by atoms with van der Waals surface area (Å²) in [5.41, 5.74) is 9.73. The Morgan fingerprint density at radius 2 is 2.17 bits per heavy atom. The van der Waals surface area contributed by atoms with Crippen LogP contribution in [0.1, 0.15) is 42.9 Å². The van der Waals surface area contributed by atoms with E-state index in [1.165, 1.54) is 11.1 Å². The summed E-state index contributed by atoms with van der Waals surface area (Å²) in [5.74, 6) is 1.10. The Labute approximate surface area is 202 Å². The van der Waals surface area contributed by atoms with Crippen LogP contribution in [0.3, 0.4) is 0 Å². The molecule has 11 nitrogen and oxygen atoms in total. The van der Waals surface area contributed by atoms with Gasteiger partial charge >= 0.3 is 0 Å². The molecule has 1 saturated carbocycles. The van der Waals surface area contributed by atoms with Gasteiger partial charge in [-0.25, -0.2) is 5.10 Å². The normalized spacial score (nSPS) is 33.7. The molecule has 2 bridgehead atoms. The predicted octanol–water partition coefficient (Wildman–Crippen LogP) is -0.0206. The monoisotopic (exact) mass is 473 g/mol. The van der Waals surface area contributed by atoms with Crippen molar-refractivity contribution in [2.75, 3.05) is 13.1 Å². The van der Waals surface area contributed by atoms with Crippen LogP contribution in [-0.2, 0) is 16.0 Å². The second-order valence-corrected chi connectivity index (χ2v) is 10.6. The van der Waals surface area contributed by atoms with Gasteiger partial charge in [0.25, 0.3) is 0 Å². The molecule has 1 aromatic carbocycles. The highest BCUT2D eigenvalue weighted by Gasteiger charge is 2.56. The smallest absolute Gasteiger partial charge is 0.242 e. The summed E-state index contributed by atoms with van der Waals surface area (Å²) in [5, 5.41) is 23.5. The maximum atomic E-state index is 13.5. The molecule has 2 amide bonds. The number of nitrogens with one attached hydrogen (secondary N) is 1. The summed E-state index contributed by atoms with van der Waals surface area (Å²) >= 11 is 0. The van der Waals surface area contributed by atoms with Gasteiger partial charge in [-0.2, -0.15) is 5.26 Å². The molecule has 180 valence electrons. The van der Waals surface area contributed by atoms with Crippen molar-refractivity contribution >= 4 is 11.8 Å². The van der Waals surface area contributed by atoms with Crippen molar-refractivity contribution in [3.63, 3.8) is 0 Å². The Bertz CT molecular complexity index is 1240. The number of aromatic nitrogens is 4. The molecule has 2 aromatic rings. The van der Waals surface area contributed by atoms with Gasteiger partial charge in [0.05, 0.1) is 24.2 Å². The minimum absolute atomic E-state index is 0.0830. The number of nitrogens with two attached hydrogens (primary N) is 1. The van der Waals surface area contributed by atoms with Crippen LogP contribution in [0.25, 0.3) is 11.4 Å². The number of carbonyl (C=O) groups excluding carboxylic acids is 2. The van der Waals surface area contributed by atoms with Gasteiger partial charge in [0.15, 0.2) is 5.82 Å². The minimum atomic E-state index is -0.706. The van der Waals surface area contributed by atoms with E-state index in [-0.39, 0.29) is 42.0 Å². The number of nitrogens with zero attached hydrogens (tertiary/aromatic N) is 7. The lowest BCUT2D eigenvalue weighted by Gasteiger charge is -2.38. The number of rotatable bonds is 5. The van der Waals surface area contributed by atoms with Crippen molar-refractivity contribution in [3.05, 3.63) is 29.3 Å². The molecule has 0 radical (unpaired) electrons. The molecular weight excluding hydrogens is 446 g/mol. The molecule has 4 heterocycles. The number of aryl methyl sites for hydroxylation is 1. The number of H-pyrrole nitrogens is 1. The van der Waals surface area contributed by atoms with Gasteiger partial charge in [-0.3, -0.25) is 14.5 Å². The van der Waals surface area contributed by atoms with Gasteiger partial charge in [-0.15, -0.1) is 5.10 Å². The standard InChI is InChI=1S/C24H27N9O2/c25-9-15-6-14-7-20(14)32(15)23(34)18(26)11-31-10-16-8-21(31)24(35)33(16)19-4-2-12-5-13(1-3-17(12)19)22-27-29-30-28-22/h1,3,5,14-16,18-21H,2,4,6-8,10-11,26H2,(H,27,28,29,30)/t14-,15+,16?,18+,19-,20+,21+/m1/s1. The molecule has 3 N–H and O–H groups in total. The van der Waals surface area contributed by atoms with Crippen molar-refractivity contribution in [1.29, 1.82) is 5.26 Å². The van der Waals surface area contributed by atoms with Crippen molar-refractivity contribution in [1.82, 2.24) is 35.3 Å². The predicted molar refractivity (Wildman–Crippen MR) is 122 cm³/mol. The molecule has 11 heteroatoms. The third kappa shape index (κ3) is 3.13. The molecule has 3 saturated heterocycles. The summed E-state index contributed by atoms with van der Waals surface area (Å²) in [7, 11) is 0. The zero-order chi connectivity index (χ0) is 23.8. The van der Waals surface area contributed by atoms with E-state index in [1.807, 2.05) is 6.07 Å².